The van der Waals surface area contributed by atoms with Crippen LogP contribution in [0.25, 0.3) is 0 Å². The molecule has 1 aliphatic heterocycles. The standard InChI is InChI=1S/C10H18O2/c1-4-8(3)11-7-6-10-9(5-2)12-10/h4,8-10H,1,5-7H2,2-3H3. The quantitative estimate of drug-likeness (QED) is 0.450. The third-order valence-electron chi connectivity index (χ3n) is 2.21. The Labute approximate surface area is 74.6 Å². The summed E-state index contributed by atoms with van der Waals surface area (Å²) < 4.78 is 10.8. The van der Waals surface area contributed by atoms with Crippen molar-refractivity contribution in [3.63, 3.8) is 0 Å². The predicted octanol–water partition coefficient (Wildman–Crippen LogP) is 2.15. The molecular formula is C10H18O2. The maximum atomic E-state index is 5.44. The SMILES string of the molecule is C=CC(C)OCCC1OC1CC. The van der Waals surface area contributed by atoms with E-state index in [0.717, 1.165) is 19.4 Å². The molecule has 1 heterocycles. The molecule has 1 saturated heterocycles. The molecule has 0 spiro atoms. The van der Waals surface area contributed by atoms with E-state index in [4.69, 9.17) is 9.47 Å². The largest absolute Gasteiger partial charge is 0.374 e. The van der Waals surface area contributed by atoms with Crippen LogP contribution >= 0.6 is 0 Å². The summed E-state index contributed by atoms with van der Waals surface area (Å²) in [5.74, 6) is 0. The first-order valence-corrected chi connectivity index (χ1v) is 4.67. The van der Waals surface area contributed by atoms with Crippen LogP contribution < -0.4 is 0 Å². The molecular weight excluding hydrogens is 152 g/mol. The summed E-state index contributed by atoms with van der Waals surface area (Å²) in [5.41, 5.74) is 0. The molecule has 0 aromatic rings. The molecule has 0 radical (unpaired) electrons. The van der Waals surface area contributed by atoms with Crippen molar-refractivity contribution in [2.24, 2.45) is 0 Å². The van der Waals surface area contributed by atoms with Gasteiger partial charge in [0.1, 0.15) is 0 Å². The molecule has 0 N–H and O–H groups in total. The fourth-order valence-corrected chi connectivity index (χ4v) is 1.23. The molecule has 12 heavy (non-hydrogen) atoms. The molecule has 1 rings (SSSR count). The molecule has 0 bridgehead atoms. The van der Waals surface area contributed by atoms with Crippen LogP contribution in [0.5, 0.6) is 0 Å². The van der Waals surface area contributed by atoms with Crippen molar-refractivity contribution in [2.45, 2.75) is 45.0 Å². The van der Waals surface area contributed by atoms with Gasteiger partial charge in [0.2, 0.25) is 0 Å². The third kappa shape index (κ3) is 2.95. The van der Waals surface area contributed by atoms with Crippen molar-refractivity contribution in [3.8, 4) is 0 Å². The van der Waals surface area contributed by atoms with Crippen LogP contribution in [0, 0.1) is 0 Å². The zero-order valence-electron chi connectivity index (χ0n) is 7.95. The second-order valence-corrected chi connectivity index (χ2v) is 3.22. The van der Waals surface area contributed by atoms with Gasteiger partial charge in [-0.15, -0.1) is 6.58 Å². The van der Waals surface area contributed by atoms with Gasteiger partial charge in [0.25, 0.3) is 0 Å². The molecule has 0 amide bonds. The minimum atomic E-state index is 0.170. The maximum absolute atomic E-state index is 5.44. The predicted molar refractivity (Wildman–Crippen MR) is 49.2 cm³/mol. The van der Waals surface area contributed by atoms with Crippen molar-refractivity contribution in [1.29, 1.82) is 0 Å². The number of rotatable bonds is 6. The van der Waals surface area contributed by atoms with E-state index in [1.54, 1.807) is 0 Å². The van der Waals surface area contributed by atoms with Crippen LogP contribution in [-0.2, 0) is 9.47 Å². The van der Waals surface area contributed by atoms with Crippen LogP contribution in [0.1, 0.15) is 26.7 Å². The number of ether oxygens (including phenoxy) is 2. The van der Waals surface area contributed by atoms with Gasteiger partial charge < -0.3 is 9.47 Å². The minimum Gasteiger partial charge on any atom is -0.374 e. The maximum Gasteiger partial charge on any atom is 0.0863 e. The Bertz CT molecular complexity index is 145. The Morgan fingerprint density at radius 1 is 1.58 bits per heavy atom. The Kier molecular flexibility index (Phi) is 3.76. The summed E-state index contributed by atoms with van der Waals surface area (Å²) in [5, 5.41) is 0. The van der Waals surface area contributed by atoms with Crippen molar-refractivity contribution in [2.75, 3.05) is 6.61 Å². The molecule has 2 heteroatoms. The smallest absolute Gasteiger partial charge is 0.0863 e. The Morgan fingerprint density at radius 2 is 2.33 bits per heavy atom. The van der Waals surface area contributed by atoms with Gasteiger partial charge in [-0.1, -0.05) is 13.0 Å². The van der Waals surface area contributed by atoms with Crippen molar-refractivity contribution in [3.05, 3.63) is 12.7 Å². The Hall–Kier alpha value is -0.340. The Morgan fingerprint density at radius 3 is 2.83 bits per heavy atom. The van der Waals surface area contributed by atoms with Gasteiger partial charge in [0.05, 0.1) is 18.3 Å². The van der Waals surface area contributed by atoms with Crippen molar-refractivity contribution < 1.29 is 9.47 Å². The van der Waals surface area contributed by atoms with Gasteiger partial charge in [-0.05, 0) is 19.8 Å². The summed E-state index contributed by atoms with van der Waals surface area (Å²) in [7, 11) is 0. The van der Waals surface area contributed by atoms with Crippen LogP contribution in [0.2, 0.25) is 0 Å². The van der Waals surface area contributed by atoms with Gasteiger partial charge in [-0.25, -0.2) is 0 Å². The summed E-state index contributed by atoms with van der Waals surface area (Å²) in [6.45, 7) is 8.58. The van der Waals surface area contributed by atoms with E-state index < -0.39 is 0 Å². The lowest BCUT2D eigenvalue weighted by Crippen LogP contribution is -2.07. The highest BCUT2D eigenvalue weighted by atomic mass is 16.6. The molecule has 1 fully saturated rings. The summed E-state index contributed by atoms with van der Waals surface area (Å²) in [6.07, 6.45) is 5.10. The molecule has 70 valence electrons. The summed E-state index contributed by atoms with van der Waals surface area (Å²) >= 11 is 0. The van der Waals surface area contributed by atoms with Crippen LogP contribution in [0.4, 0.5) is 0 Å². The highest BCUT2D eigenvalue weighted by Crippen LogP contribution is 2.27. The first kappa shape index (κ1) is 9.75. The summed E-state index contributed by atoms with van der Waals surface area (Å²) in [4.78, 5) is 0. The normalized spacial score (nSPS) is 29.8. The van der Waals surface area contributed by atoms with E-state index in [-0.39, 0.29) is 6.10 Å². The molecule has 0 aromatic heterocycles. The van der Waals surface area contributed by atoms with Gasteiger partial charge in [0, 0.05) is 6.61 Å². The molecule has 3 unspecified atom stereocenters. The first-order valence-electron chi connectivity index (χ1n) is 4.67. The zero-order valence-corrected chi connectivity index (χ0v) is 7.95. The van der Waals surface area contributed by atoms with Crippen molar-refractivity contribution in [1.82, 2.24) is 0 Å². The highest BCUT2D eigenvalue weighted by molar-refractivity contribution is 4.83. The average Bonchev–Trinajstić information content (AvgIpc) is 2.83. The third-order valence-corrected chi connectivity index (χ3v) is 2.21. The van der Waals surface area contributed by atoms with E-state index >= 15 is 0 Å². The topological polar surface area (TPSA) is 21.8 Å². The second kappa shape index (κ2) is 4.63. The molecule has 1 aliphatic rings. The minimum absolute atomic E-state index is 0.170. The lowest BCUT2D eigenvalue weighted by Gasteiger charge is -2.06. The number of epoxide rings is 1. The second-order valence-electron chi connectivity index (χ2n) is 3.22. The van der Waals surface area contributed by atoms with Gasteiger partial charge >= 0.3 is 0 Å². The van der Waals surface area contributed by atoms with Gasteiger partial charge in [0.15, 0.2) is 0 Å². The monoisotopic (exact) mass is 170 g/mol. The molecule has 3 atom stereocenters. The van der Waals surface area contributed by atoms with E-state index in [2.05, 4.69) is 13.5 Å². The number of hydrogen-bond acceptors (Lipinski definition) is 2. The van der Waals surface area contributed by atoms with E-state index in [1.165, 1.54) is 0 Å². The molecule has 0 aromatic carbocycles. The van der Waals surface area contributed by atoms with E-state index in [1.807, 2.05) is 13.0 Å². The van der Waals surface area contributed by atoms with Crippen LogP contribution in [-0.4, -0.2) is 24.9 Å². The molecule has 0 saturated carbocycles. The lowest BCUT2D eigenvalue weighted by atomic mass is 10.2. The van der Waals surface area contributed by atoms with Gasteiger partial charge in [-0.3, -0.25) is 0 Å². The van der Waals surface area contributed by atoms with Crippen LogP contribution in [0.3, 0.4) is 0 Å². The van der Waals surface area contributed by atoms with E-state index in [0.29, 0.717) is 12.2 Å². The van der Waals surface area contributed by atoms with Crippen molar-refractivity contribution >= 4 is 0 Å². The van der Waals surface area contributed by atoms with Crippen LogP contribution in [0.15, 0.2) is 12.7 Å². The van der Waals surface area contributed by atoms with Gasteiger partial charge in [-0.2, -0.15) is 0 Å². The highest BCUT2D eigenvalue weighted by Gasteiger charge is 2.36. The lowest BCUT2D eigenvalue weighted by molar-refractivity contribution is 0.0910. The van der Waals surface area contributed by atoms with E-state index in [9.17, 15) is 0 Å². The fourth-order valence-electron chi connectivity index (χ4n) is 1.23. The Balaban J connectivity index is 1.93. The summed E-state index contributed by atoms with van der Waals surface area (Å²) in [6, 6.07) is 0. The fraction of sp³-hybridized carbons (Fsp3) is 0.800. The molecule has 0 aliphatic carbocycles. The number of hydrogen-bond donors (Lipinski definition) is 0. The average molecular weight is 170 g/mol. The first-order chi connectivity index (χ1) is 5.77. The zero-order chi connectivity index (χ0) is 8.97. The molecule has 2 nitrogen and oxygen atoms in total.